The SMILES string of the molecule is CCCC(CN)OC(C)C(C)O. The highest BCUT2D eigenvalue weighted by atomic mass is 16.5. The van der Waals surface area contributed by atoms with Gasteiger partial charge in [-0.1, -0.05) is 13.3 Å². The molecular weight excluding hydrogens is 154 g/mol. The lowest BCUT2D eigenvalue weighted by Gasteiger charge is -2.22. The third-order valence-corrected chi connectivity index (χ3v) is 1.96. The molecule has 0 bridgehead atoms. The lowest BCUT2D eigenvalue weighted by molar-refractivity contribution is -0.0601. The van der Waals surface area contributed by atoms with Crippen LogP contribution in [0.25, 0.3) is 0 Å². The molecule has 12 heavy (non-hydrogen) atoms. The van der Waals surface area contributed by atoms with E-state index in [0.717, 1.165) is 12.8 Å². The number of aliphatic hydroxyl groups is 1. The Bertz CT molecular complexity index is 107. The van der Waals surface area contributed by atoms with E-state index >= 15 is 0 Å². The van der Waals surface area contributed by atoms with E-state index in [2.05, 4.69) is 6.92 Å². The molecule has 3 unspecified atom stereocenters. The zero-order chi connectivity index (χ0) is 9.56. The minimum atomic E-state index is -0.420. The average Bonchev–Trinajstić information content (AvgIpc) is 2.03. The minimum absolute atomic E-state index is 0.0969. The molecular formula is C9H21NO2. The van der Waals surface area contributed by atoms with Crippen LogP contribution in [0.4, 0.5) is 0 Å². The fourth-order valence-corrected chi connectivity index (χ4v) is 0.981. The van der Waals surface area contributed by atoms with Crippen LogP contribution in [0.2, 0.25) is 0 Å². The number of hydrogen-bond donors (Lipinski definition) is 2. The first-order valence-electron chi connectivity index (χ1n) is 4.65. The molecule has 0 aliphatic heterocycles. The van der Waals surface area contributed by atoms with Crippen molar-refractivity contribution in [2.24, 2.45) is 5.73 Å². The number of rotatable bonds is 6. The topological polar surface area (TPSA) is 55.5 Å². The van der Waals surface area contributed by atoms with E-state index in [1.54, 1.807) is 6.92 Å². The van der Waals surface area contributed by atoms with Crippen molar-refractivity contribution in [2.45, 2.75) is 51.9 Å². The van der Waals surface area contributed by atoms with Crippen LogP contribution in [0.15, 0.2) is 0 Å². The van der Waals surface area contributed by atoms with Crippen molar-refractivity contribution in [1.29, 1.82) is 0 Å². The second-order valence-corrected chi connectivity index (χ2v) is 3.23. The van der Waals surface area contributed by atoms with Crippen molar-refractivity contribution in [3.8, 4) is 0 Å². The maximum atomic E-state index is 9.17. The molecule has 74 valence electrons. The Hall–Kier alpha value is -0.120. The van der Waals surface area contributed by atoms with Crippen LogP contribution in [0.3, 0.4) is 0 Å². The smallest absolute Gasteiger partial charge is 0.0807 e. The number of ether oxygens (including phenoxy) is 1. The van der Waals surface area contributed by atoms with Gasteiger partial charge in [0.15, 0.2) is 0 Å². The van der Waals surface area contributed by atoms with Crippen molar-refractivity contribution in [3.63, 3.8) is 0 Å². The summed E-state index contributed by atoms with van der Waals surface area (Å²) in [6.45, 7) is 6.22. The van der Waals surface area contributed by atoms with Gasteiger partial charge >= 0.3 is 0 Å². The zero-order valence-electron chi connectivity index (χ0n) is 8.29. The predicted octanol–water partition coefficient (Wildman–Crippen LogP) is 0.900. The van der Waals surface area contributed by atoms with Gasteiger partial charge in [0, 0.05) is 6.54 Å². The van der Waals surface area contributed by atoms with Crippen molar-refractivity contribution in [1.82, 2.24) is 0 Å². The van der Waals surface area contributed by atoms with Gasteiger partial charge in [0.25, 0.3) is 0 Å². The summed E-state index contributed by atoms with van der Waals surface area (Å²) in [6, 6.07) is 0. The molecule has 0 heterocycles. The number of nitrogens with two attached hydrogens (primary N) is 1. The van der Waals surface area contributed by atoms with Gasteiger partial charge in [0.2, 0.25) is 0 Å². The first-order chi connectivity index (χ1) is 5.61. The molecule has 0 spiro atoms. The Kier molecular flexibility index (Phi) is 6.34. The largest absolute Gasteiger partial charge is 0.391 e. The highest BCUT2D eigenvalue weighted by molar-refractivity contribution is 4.64. The van der Waals surface area contributed by atoms with Crippen LogP contribution in [0.5, 0.6) is 0 Å². The van der Waals surface area contributed by atoms with E-state index in [1.165, 1.54) is 0 Å². The van der Waals surface area contributed by atoms with Gasteiger partial charge in [0.05, 0.1) is 18.3 Å². The van der Waals surface area contributed by atoms with E-state index < -0.39 is 6.10 Å². The molecule has 3 N–H and O–H groups in total. The summed E-state index contributed by atoms with van der Waals surface area (Å²) in [5.41, 5.74) is 5.50. The summed E-state index contributed by atoms with van der Waals surface area (Å²) in [6.07, 6.45) is 1.59. The highest BCUT2D eigenvalue weighted by Gasteiger charge is 2.14. The van der Waals surface area contributed by atoms with Gasteiger partial charge in [0.1, 0.15) is 0 Å². The second kappa shape index (κ2) is 6.40. The van der Waals surface area contributed by atoms with Gasteiger partial charge in [-0.15, -0.1) is 0 Å². The fraction of sp³-hybridized carbons (Fsp3) is 1.00. The first kappa shape index (κ1) is 11.9. The van der Waals surface area contributed by atoms with Crippen LogP contribution in [-0.2, 0) is 4.74 Å². The summed E-state index contributed by atoms with van der Waals surface area (Å²) in [4.78, 5) is 0. The molecule has 0 aromatic rings. The van der Waals surface area contributed by atoms with E-state index in [9.17, 15) is 0 Å². The summed E-state index contributed by atoms with van der Waals surface area (Å²) in [5, 5.41) is 9.17. The monoisotopic (exact) mass is 175 g/mol. The summed E-state index contributed by atoms with van der Waals surface area (Å²) >= 11 is 0. The molecule has 0 saturated carbocycles. The van der Waals surface area contributed by atoms with E-state index in [1.807, 2.05) is 6.92 Å². The first-order valence-corrected chi connectivity index (χ1v) is 4.65. The standard InChI is InChI=1S/C9H21NO2/c1-4-5-9(6-10)12-8(3)7(2)11/h7-9,11H,4-6,10H2,1-3H3. The molecule has 0 rings (SSSR count). The van der Waals surface area contributed by atoms with Crippen LogP contribution in [0.1, 0.15) is 33.6 Å². The van der Waals surface area contributed by atoms with Crippen molar-refractivity contribution >= 4 is 0 Å². The molecule has 0 aliphatic rings. The van der Waals surface area contributed by atoms with Crippen LogP contribution in [-0.4, -0.2) is 30.0 Å². The Morgan fingerprint density at radius 1 is 1.42 bits per heavy atom. The lowest BCUT2D eigenvalue weighted by Crippen LogP contribution is -2.32. The third-order valence-electron chi connectivity index (χ3n) is 1.96. The van der Waals surface area contributed by atoms with E-state index in [4.69, 9.17) is 15.6 Å². The Morgan fingerprint density at radius 3 is 2.33 bits per heavy atom. The minimum Gasteiger partial charge on any atom is -0.391 e. The van der Waals surface area contributed by atoms with Gasteiger partial charge in [-0.25, -0.2) is 0 Å². The molecule has 0 aliphatic carbocycles. The molecule has 3 heteroatoms. The molecule has 0 radical (unpaired) electrons. The zero-order valence-corrected chi connectivity index (χ0v) is 8.29. The van der Waals surface area contributed by atoms with Crippen LogP contribution >= 0.6 is 0 Å². The van der Waals surface area contributed by atoms with E-state index in [0.29, 0.717) is 6.54 Å². The van der Waals surface area contributed by atoms with Crippen molar-refractivity contribution < 1.29 is 9.84 Å². The maximum absolute atomic E-state index is 9.17. The lowest BCUT2D eigenvalue weighted by atomic mass is 10.2. The summed E-state index contributed by atoms with van der Waals surface area (Å²) in [7, 11) is 0. The molecule has 0 aromatic carbocycles. The molecule has 0 saturated heterocycles. The number of hydrogen-bond acceptors (Lipinski definition) is 3. The average molecular weight is 175 g/mol. The normalized spacial score (nSPS) is 18.8. The van der Waals surface area contributed by atoms with Crippen LogP contribution < -0.4 is 5.73 Å². The third kappa shape index (κ3) is 4.70. The molecule has 0 aromatic heterocycles. The Labute approximate surface area is 74.9 Å². The molecule has 0 amide bonds. The Balaban J connectivity index is 3.68. The summed E-state index contributed by atoms with van der Waals surface area (Å²) < 4.78 is 5.53. The fourth-order valence-electron chi connectivity index (χ4n) is 0.981. The van der Waals surface area contributed by atoms with Gasteiger partial charge < -0.3 is 15.6 Å². The summed E-state index contributed by atoms with van der Waals surface area (Å²) in [5.74, 6) is 0. The van der Waals surface area contributed by atoms with Crippen molar-refractivity contribution in [3.05, 3.63) is 0 Å². The van der Waals surface area contributed by atoms with Crippen LogP contribution in [0, 0.1) is 0 Å². The van der Waals surface area contributed by atoms with Gasteiger partial charge in [-0.05, 0) is 20.3 Å². The predicted molar refractivity (Wildman–Crippen MR) is 50.0 cm³/mol. The van der Waals surface area contributed by atoms with E-state index in [-0.39, 0.29) is 12.2 Å². The molecule has 3 atom stereocenters. The highest BCUT2D eigenvalue weighted by Crippen LogP contribution is 2.06. The van der Waals surface area contributed by atoms with Crippen molar-refractivity contribution in [2.75, 3.05) is 6.54 Å². The Morgan fingerprint density at radius 2 is 2.00 bits per heavy atom. The number of aliphatic hydroxyl groups excluding tert-OH is 1. The molecule has 0 fully saturated rings. The van der Waals surface area contributed by atoms with Gasteiger partial charge in [-0.2, -0.15) is 0 Å². The maximum Gasteiger partial charge on any atom is 0.0807 e. The van der Waals surface area contributed by atoms with Gasteiger partial charge in [-0.3, -0.25) is 0 Å². The quantitative estimate of drug-likeness (QED) is 0.630. The molecule has 3 nitrogen and oxygen atoms in total. The second-order valence-electron chi connectivity index (χ2n) is 3.23.